The average molecular weight is 469 g/mol. The minimum Gasteiger partial charge on any atom is -0.507 e. The van der Waals surface area contributed by atoms with Crippen LogP contribution in [0.4, 0.5) is 11.5 Å². The first-order valence-corrected chi connectivity index (χ1v) is 10.2. The molecule has 0 aliphatic carbocycles. The summed E-state index contributed by atoms with van der Waals surface area (Å²) in [7, 11) is 1.40. The van der Waals surface area contributed by atoms with Crippen molar-refractivity contribution in [2.75, 3.05) is 37.5 Å². The number of hydrogen-bond donors (Lipinski definition) is 3. The van der Waals surface area contributed by atoms with E-state index in [4.69, 9.17) is 26.8 Å². The van der Waals surface area contributed by atoms with Gasteiger partial charge in [0.1, 0.15) is 17.1 Å². The number of benzene rings is 1. The summed E-state index contributed by atoms with van der Waals surface area (Å²) >= 11 is 5.74. The molecule has 0 aliphatic heterocycles. The molecule has 12 heteroatoms. The number of nitrogens with zero attached hydrogens (tertiary/aromatic N) is 2. The molecule has 32 heavy (non-hydrogen) atoms. The second-order valence-electron chi connectivity index (χ2n) is 6.77. The Hall–Kier alpha value is -3.31. The zero-order chi connectivity index (χ0) is 23.8. The Labute approximate surface area is 188 Å². The predicted octanol–water partition coefficient (Wildman–Crippen LogP) is 1.11. The number of aromatic amines is 1. The lowest BCUT2D eigenvalue weighted by atomic mass is 10.2. The number of nitrogens with two attached hydrogens (primary N) is 1. The lowest BCUT2D eigenvalue weighted by molar-refractivity contribution is -0.121. The third kappa shape index (κ3) is 5.89. The number of nitrogens with one attached hydrogen (secondary N) is 1. The Bertz CT molecular complexity index is 1100. The van der Waals surface area contributed by atoms with Crippen molar-refractivity contribution < 1.29 is 24.2 Å². The highest BCUT2D eigenvalue weighted by molar-refractivity contribution is 6.30. The largest absolute Gasteiger partial charge is 0.507 e. The molecule has 1 aromatic carbocycles. The molecule has 11 nitrogen and oxygen atoms in total. The van der Waals surface area contributed by atoms with Gasteiger partial charge in [-0.2, -0.15) is 0 Å². The summed E-state index contributed by atoms with van der Waals surface area (Å²) in [6, 6.07) is 3.79. The van der Waals surface area contributed by atoms with Gasteiger partial charge >= 0.3 is 11.7 Å². The van der Waals surface area contributed by atoms with Gasteiger partial charge in [-0.25, -0.2) is 9.59 Å². The number of ether oxygens (including phenoxy) is 2. The fourth-order valence-corrected chi connectivity index (χ4v) is 3.05. The molecule has 0 unspecified atom stereocenters. The Morgan fingerprint density at radius 3 is 2.66 bits per heavy atom. The molecule has 0 saturated heterocycles. The first kappa shape index (κ1) is 25.0. The molecule has 0 fully saturated rings. The van der Waals surface area contributed by atoms with Crippen LogP contribution in [0.2, 0.25) is 5.02 Å². The van der Waals surface area contributed by atoms with Crippen LogP contribution in [0.15, 0.2) is 27.8 Å². The fourth-order valence-electron chi connectivity index (χ4n) is 2.88. The number of aromatic hydroxyl groups is 1. The van der Waals surface area contributed by atoms with Crippen LogP contribution in [0.25, 0.3) is 0 Å². The van der Waals surface area contributed by atoms with Gasteiger partial charge in [0.15, 0.2) is 12.3 Å². The Morgan fingerprint density at radius 1 is 1.31 bits per heavy atom. The fraction of sp³-hybridized carbons (Fsp3) is 0.400. The van der Waals surface area contributed by atoms with Crippen LogP contribution >= 0.6 is 11.6 Å². The minimum absolute atomic E-state index is 0.0463. The van der Waals surface area contributed by atoms with Crippen LogP contribution in [0, 0.1) is 0 Å². The Kier molecular flexibility index (Phi) is 8.85. The molecule has 174 valence electrons. The van der Waals surface area contributed by atoms with Crippen molar-refractivity contribution in [2.24, 2.45) is 0 Å². The molecule has 2 aromatic rings. The molecular weight excluding hydrogens is 444 g/mol. The summed E-state index contributed by atoms with van der Waals surface area (Å²) in [4.78, 5) is 52.9. The molecule has 1 heterocycles. The number of H-pyrrole nitrogens is 1. The van der Waals surface area contributed by atoms with Gasteiger partial charge < -0.3 is 20.3 Å². The quantitative estimate of drug-likeness (QED) is 0.437. The van der Waals surface area contributed by atoms with E-state index in [9.17, 15) is 24.3 Å². The minimum atomic E-state index is -0.964. The van der Waals surface area contributed by atoms with E-state index in [1.807, 2.05) is 6.92 Å². The van der Waals surface area contributed by atoms with Crippen molar-refractivity contribution in [1.29, 1.82) is 0 Å². The number of carbonyl (C=O) groups excluding carboxylic acids is 2. The second kappa shape index (κ2) is 11.3. The zero-order valence-corrected chi connectivity index (χ0v) is 18.5. The van der Waals surface area contributed by atoms with Crippen LogP contribution in [-0.4, -0.2) is 53.4 Å². The van der Waals surface area contributed by atoms with Crippen LogP contribution in [-0.2, 0) is 20.8 Å². The van der Waals surface area contributed by atoms with Crippen LogP contribution in [0.5, 0.6) is 5.75 Å². The molecule has 1 aromatic heterocycles. The summed E-state index contributed by atoms with van der Waals surface area (Å²) < 4.78 is 11.2. The number of aromatic nitrogens is 2. The molecule has 0 radical (unpaired) electrons. The number of methoxy groups -OCH3 is 1. The van der Waals surface area contributed by atoms with Crippen molar-refractivity contribution in [3.05, 3.63) is 49.6 Å². The Morgan fingerprint density at radius 2 is 2.03 bits per heavy atom. The number of unbranched alkanes of at least 4 members (excludes halogenated alkanes) is 1. The first-order chi connectivity index (χ1) is 15.2. The van der Waals surface area contributed by atoms with Gasteiger partial charge in [0, 0.05) is 25.2 Å². The van der Waals surface area contributed by atoms with E-state index < -0.39 is 35.5 Å². The lowest BCUT2D eigenvalue weighted by Gasteiger charge is -2.24. The van der Waals surface area contributed by atoms with E-state index in [0.29, 0.717) is 6.42 Å². The molecule has 1 amide bonds. The van der Waals surface area contributed by atoms with Gasteiger partial charge in [0.25, 0.3) is 11.5 Å². The smallest absolute Gasteiger partial charge is 0.342 e. The normalized spacial score (nSPS) is 10.7. The highest BCUT2D eigenvalue weighted by atomic mass is 35.5. The summed E-state index contributed by atoms with van der Waals surface area (Å²) in [5.41, 5.74) is 4.10. The van der Waals surface area contributed by atoms with Crippen LogP contribution < -0.4 is 21.9 Å². The van der Waals surface area contributed by atoms with Gasteiger partial charge in [-0.05, 0) is 24.6 Å². The summed E-state index contributed by atoms with van der Waals surface area (Å²) in [5.74, 6) is -2.33. The van der Waals surface area contributed by atoms with Gasteiger partial charge in [0.05, 0.1) is 6.61 Å². The number of phenols is 1. The maximum absolute atomic E-state index is 12.9. The number of anilines is 2. The van der Waals surface area contributed by atoms with Crippen molar-refractivity contribution >= 4 is 35.0 Å². The van der Waals surface area contributed by atoms with E-state index >= 15 is 0 Å². The predicted molar refractivity (Wildman–Crippen MR) is 118 cm³/mol. The third-order valence-corrected chi connectivity index (χ3v) is 4.78. The molecule has 0 aliphatic rings. The highest BCUT2D eigenvalue weighted by Gasteiger charge is 2.25. The summed E-state index contributed by atoms with van der Waals surface area (Å²) in [6.45, 7) is 1.39. The number of carbonyl (C=O) groups is 2. The third-order valence-electron chi connectivity index (χ3n) is 4.55. The molecule has 0 atom stereocenters. The topological polar surface area (TPSA) is 157 Å². The molecular formula is C20H25ClN4O7. The van der Waals surface area contributed by atoms with Gasteiger partial charge in [-0.3, -0.25) is 24.0 Å². The lowest BCUT2D eigenvalue weighted by Crippen LogP contribution is -2.44. The van der Waals surface area contributed by atoms with E-state index in [-0.39, 0.29) is 41.8 Å². The van der Waals surface area contributed by atoms with Crippen LogP contribution in [0.1, 0.15) is 30.1 Å². The van der Waals surface area contributed by atoms with E-state index in [1.54, 1.807) is 0 Å². The van der Waals surface area contributed by atoms with Gasteiger partial charge in [-0.1, -0.05) is 24.9 Å². The van der Waals surface area contributed by atoms with Crippen molar-refractivity contribution in [1.82, 2.24) is 9.55 Å². The standard InChI is InChI=1S/C20H25ClN4O7/c1-3-4-7-25-17(22)16(18(28)23-20(25)30)24(8-9-31-2)15(27)11-32-19(29)13-6-5-12(21)10-14(13)26/h5-6,10,26H,3-4,7-9,11,22H2,1-2H3,(H,23,28,30). The second-order valence-corrected chi connectivity index (χ2v) is 7.21. The molecule has 4 N–H and O–H groups in total. The Balaban J connectivity index is 2.31. The SMILES string of the molecule is CCCCn1c(N)c(N(CCOC)C(=O)COC(=O)c2ccc(Cl)cc2O)c(=O)[nH]c1=O. The van der Waals surface area contributed by atoms with Crippen LogP contribution in [0.3, 0.4) is 0 Å². The number of amides is 1. The number of esters is 1. The van der Waals surface area contributed by atoms with Gasteiger partial charge in [0.2, 0.25) is 0 Å². The monoisotopic (exact) mass is 468 g/mol. The van der Waals surface area contributed by atoms with Gasteiger partial charge in [-0.15, -0.1) is 0 Å². The van der Waals surface area contributed by atoms with Crippen molar-refractivity contribution in [2.45, 2.75) is 26.3 Å². The number of nitrogen functional groups attached to an aromatic ring is 1. The molecule has 0 spiro atoms. The number of halogens is 1. The number of phenolic OH excluding ortho intramolecular Hbond substituents is 1. The summed E-state index contributed by atoms with van der Waals surface area (Å²) in [6.07, 6.45) is 1.41. The maximum Gasteiger partial charge on any atom is 0.342 e. The summed E-state index contributed by atoms with van der Waals surface area (Å²) in [5, 5.41) is 10.1. The van der Waals surface area contributed by atoms with Crippen molar-refractivity contribution in [3.63, 3.8) is 0 Å². The average Bonchev–Trinajstić information content (AvgIpc) is 2.73. The maximum atomic E-state index is 12.9. The highest BCUT2D eigenvalue weighted by Crippen LogP contribution is 2.23. The molecule has 0 bridgehead atoms. The first-order valence-electron chi connectivity index (χ1n) is 9.78. The van der Waals surface area contributed by atoms with E-state index in [1.165, 1.54) is 23.8 Å². The van der Waals surface area contributed by atoms with Crippen molar-refractivity contribution in [3.8, 4) is 5.75 Å². The number of rotatable bonds is 10. The van der Waals surface area contributed by atoms with E-state index in [0.717, 1.165) is 17.4 Å². The zero-order valence-electron chi connectivity index (χ0n) is 17.7. The molecule has 0 saturated carbocycles. The number of hydrogen-bond acceptors (Lipinski definition) is 8. The molecule has 2 rings (SSSR count). The van der Waals surface area contributed by atoms with E-state index in [2.05, 4.69) is 4.98 Å².